The van der Waals surface area contributed by atoms with Crippen molar-refractivity contribution in [3.05, 3.63) is 29.3 Å². The molecule has 0 bridgehead atoms. The van der Waals surface area contributed by atoms with Crippen LogP contribution in [0.5, 0.6) is 5.75 Å². The van der Waals surface area contributed by atoms with E-state index in [1.807, 2.05) is 11.3 Å². The molecule has 2 heterocycles. The molecule has 0 saturated heterocycles. The molecule has 2 rings (SSSR count). The third kappa shape index (κ3) is 0.940. The highest BCUT2D eigenvalue weighted by Crippen LogP contribution is 2.21. The number of hydrogen-bond donors (Lipinski definition) is 1. The minimum Gasteiger partial charge on any atom is -0.508 e. The van der Waals surface area contributed by atoms with Crippen LogP contribution in [-0.2, 0) is 0 Å². The van der Waals surface area contributed by atoms with Crippen LogP contribution >= 0.6 is 11.6 Å². The summed E-state index contributed by atoms with van der Waals surface area (Å²) in [5.74, 6) is 1.01. The average Bonchev–Trinajstić information content (AvgIpc) is 2.28. The van der Waals surface area contributed by atoms with E-state index in [1.54, 1.807) is 18.3 Å². The number of rotatable bonds is 0. The number of pyridine rings is 1. The number of nitrogens with zero attached hydrogens (tertiary/aromatic N) is 2. The van der Waals surface area contributed by atoms with Crippen molar-refractivity contribution in [1.29, 1.82) is 0 Å². The second-order valence-corrected chi connectivity index (χ2v) is 2.95. The van der Waals surface area contributed by atoms with Crippen molar-refractivity contribution in [3.8, 4) is 5.75 Å². The predicted molar refractivity (Wildman–Crippen MR) is 46.6 cm³/mol. The fraction of sp³-hybridized carbons (Fsp3) is 0.125. The van der Waals surface area contributed by atoms with Crippen LogP contribution in [0.4, 0.5) is 0 Å². The van der Waals surface area contributed by atoms with Crippen LogP contribution in [0.2, 0.25) is 5.15 Å². The fourth-order valence-electron chi connectivity index (χ4n) is 1.18. The van der Waals surface area contributed by atoms with Crippen molar-refractivity contribution < 1.29 is 5.11 Å². The highest BCUT2D eigenvalue weighted by molar-refractivity contribution is 6.32. The van der Waals surface area contributed by atoms with E-state index < -0.39 is 0 Å². The molecule has 2 aromatic rings. The van der Waals surface area contributed by atoms with E-state index in [1.165, 1.54) is 0 Å². The lowest BCUT2D eigenvalue weighted by Crippen LogP contribution is -1.85. The summed E-state index contributed by atoms with van der Waals surface area (Å²) >= 11 is 5.81. The van der Waals surface area contributed by atoms with E-state index in [4.69, 9.17) is 16.7 Å². The molecule has 0 aliphatic carbocycles. The molecule has 3 nitrogen and oxygen atoms in total. The number of fused-ring (bicyclic) bond motifs is 1. The summed E-state index contributed by atoms with van der Waals surface area (Å²) in [6.45, 7) is 1.86. The maximum absolute atomic E-state index is 9.16. The van der Waals surface area contributed by atoms with Crippen LogP contribution in [0, 0.1) is 6.92 Å². The summed E-state index contributed by atoms with van der Waals surface area (Å²) < 4.78 is 1.82. The summed E-state index contributed by atoms with van der Waals surface area (Å²) in [7, 11) is 0. The summed E-state index contributed by atoms with van der Waals surface area (Å²) in [6, 6.07) is 3.18. The Morgan fingerprint density at radius 3 is 3.08 bits per heavy atom. The van der Waals surface area contributed by atoms with E-state index in [0.717, 1.165) is 11.3 Å². The number of aromatic nitrogens is 2. The monoisotopic (exact) mass is 182 g/mol. The van der Waals surface area contributed by atoms with Gasteiger partial charge in [0.15, 0.2) is 5.15 Å². The van der Waals surface area contributed by atoms with Gasteiger partial charge in [-0.2, -0.15) is 0 Å². The topological polar surface area (TPSA) is 37.5 Å². The van der Waals surface area contributed by atoms with Gasteiger partial charge in [-0.3, -0.25) is 0 Å². The standard InChI is InChI=1S/C8H7ClN2O/c1-5-10-8(9)7-4-6(12)2-3-11(5)7/h2-4,12H,1H3. The Balaban J connectivity index is 2.90. The molecule has 1 N–H and O–H groups in total. The lowest BCUT2D eigenvalue weighted by molar-refractivity contribution is 0.475. The first kappa shape index (κ1) is 7.43. The Morgan fingerprint density at radius 1 is 1.58 bits per heavy atom. The molecule has 0 fully saturated rings. The van der Waals surface area contributed by atoms with Crippen molar-refractivity contribution in [2.45, 2.75) is 6.92 Å². The van der Waals surface area contributed by atoms with Gasteiger partial charge in [0.25, 0.3) is 0 Å². The molecule has 0 amide bonds. The van der Waals surface area contributed by atoms with Crippen LogP contribution in [0.25, 0.3) is 5.52 Å². The van der Waals surface area contributed by atoms with E-state index in [9.17, 15) is 0 Å². The van der Waals surface area contributed by atoms with E-state index in [-0.39, 0.29) is 5.75 Å². The number of aromatic hydroxyl groups is 1. The van der Waals surface area contributed by atoms with Crippen LogP contribution < -0.4 is 0 Å². The molecule has 0 aliphatic rings. The van der Waals surface area contributed by atoms with Crippen LogP contribution in [-0.4, -0.2) is 14.5 Å². The summed E-state index contributed by atoms with van der Waals surface area (Å²) in [4.78, 5) is 4.05. The predicted octanol–water partition coefficient (Wildman–Crippen LogP) is 2.00. The van der Waals surface area contributed by atoms with Crippen molar-refractivity contribution in [1.82, 2.24) is 9.38 Å². The molecule has 0 aromatic carbocycles. The largest absolute Gasteiger partial charge is 0.508 e. The molecule has 2 aromatic heterocycles. The van der Waals surface area contributed by atoms with Gasteiger partial charge in [0.1, 0.15) is 11.6 Å². The van der Waals surface area contributed by atoms with E-state index in [2.05, 4.69) is 4.98 Å². The quantitative estimate of drug-likeness (QED) is 0.677. The smallest absolute Gasteiger partial charge is 0.155 e. The number of aryl methyl sites for hydroxylation is 1. The SMILES string of the molecule is Cc1nc(Cl)c2cc(O)ccn12. The van der Waals surface area contributed by atoms with Gasteiger partial charge in [-0.1, -0.05) is 11.6 Å². The number of halogens is 1. The minimum atomic E-state index is 0.198. The van der Waals surface area contributed by atoms with Gasteiger partial charge in [0, 0.05) is 12.3 Å². The summed E-state index contributed by atoms with van der Waals surface area (Å²) in [6.07, 6.45) is 1.74. The zero-order chi connectivity index (χ0) is 8.72. The van der Waals surface area contributed by atoms with Gasteiger partial charge in [-0.15, -0.1) is 0 Å². The third-order valence-electron chi connectivity index (χ3n) is 1.76. The molecule has 0 unspecified atom stereocenters. The number of hydrogen-bond acceptors (Lipinski definition) is 2. The highest BCUT2D eigenvalue weighted by atomic mass is 35.5. The Kier molecular flexibility index (Phi) is 1.48. The van der Waals surface area contributed by atoms with Crippen molar-refractivity contribution >= 4 is 17.1 Å². The summed E-state index contributed by atoms with van der Waals surface area (Å²) in [5, 5.41) is 9.58. The molecule has 12 heavy (non-hydrogen) atoms. The zero-order valence-electron chi connectivity index (χ0n) is 6.45. The van der Waals surface area contributed by atoms with Gasteiger partial charge in [0.05, 0.1) is 5.52 Å². The van der Waals surface area contributed by atoms with Gasteiger partial charge < -0.3 is 9.51 Å². The van der Waals surface area contributed by atoms with Crippen LogP contribution in [0.15, 0.2) is 18.3 Å². The number of imidazole rings is 1. The molecule has 0 saturated carbocycles. The molecule has 0 radical (unpaired) electrons. The average molecular weight is 183 g/mol. The normalized spacial score (nSPS) is 10.8. The summed E-state index contributed by atoms with van der Waals surface area (Å²) in [5.41, 5.74) is 0.731. The Morgan fingerprint density at radius 2 is 2.33 bits per heavy atom. The van der Waals surface area contributed by atoms with Gasteiger partial charge >= 0.3 is 0 Å². The maximum Gasteiger partial charge on any atom is 0.155 e. The fourth-order valence-corrected chi connectivity index (χ4v) is 1.45. The van der Waals surface area contributed by atoms with E-state index in [0.29, 0.717) is 5.15 Å². The molecule has 0 aliphatic heterocycles. The van der Waals surface area contributed by atoms with Gasteiger partial charge in [-0.25, -0.2) is 4.98 Å². The maximum atomic E-state index is 9.16. The second kappa shape index (κ2) is 2.38. The minimum absolute atomic E-state index is 0.198. The molecule has 0 spiro atoms. The van der Waals surface area contributed by atoms with Crippen molar-refractivity contribution in [2.24, 2.45) is 0 Å². The molecule has 62 valence electrons. The molecular weight excluding hydrogens is 176 g/mol. The lowest BCUT2D eigenvalue weighted by atomic mass is 10.4. The Bertz CT molecular complexity index is 436. The first-order valence-electron chi connectivity index (χ1n) is 3.51. The Hall–Kier alpha value is -1.22. The lowest BCUT2D eigenvalue weighted by Gasteiger charge is -1.95. The van der Waals surface area contributed by atoms with Gasteiger partial charge in [-0.05, 0) is 13.0 Å². The van der Waals surface area contributed by atoms with Crippen molar-refractivity contribution in [2.75, 3.05) is 0 Å². The molecule has 0 atom stereocenters. The van der Waals surface area contributed by atoms with Crippen molar-refractivity contribution in [3.63, 3.8) is 0 Å². The van der Waals surface area contributed by atoms with Gasteiger partial charge in [0.2, 0.25) is 0 Å². The van der Waals surface area contributed by atoms with Crippen LogP contribution in [0.3, 0.4) is 0 Å². The molecular formula is C8H7ClN2O. The van der Waals surface area contributed by atoms with E-state index >= 15 is 0 Å². The third-order valence-corrected chi connectivity index (χ3v) is 2.04. The highest BCUT2D eigenvalue weighted by Gasteiger charge is 2.05. The molecule has 4 heteroatoms. The zero-order valence-corrected chi connectivity index (χ0v) is 7.21. The second-order valence-electron chi connectivity index (χ2n) is 2.59. The Labute approximate surface area is 74.2 Å². The first-order valence-corrected chi connectivity index (χ1v) is 3.89. The first-order chi connectivity index (χ1) is 5.68. The van der Waals surface area contributed by atoms with Crippen LogP contribution in [0.1, 0.15) is 5.82 Å².